The Morgan fingerprint density at radius 1 is 0.684 bits per heavy atom. The summed E-state index contributed by atoms with van der Waals surface area (Å²) in [6, 6.07) is 10.3. The fourth-order valence-electron chi connectivity index (χ4n) is 18.0. The predicted octanol–water partition coefficient (Wildman–Crippen LogP) is 9.72. The van der Waals surface area contributed by atoms with Gasteiger partial charge in [0.2, 0.25) is 15.8 Å². The number of aliphatic hydroxyl groups is 3. The number of rotatable bonds is 43. The second kappa shape index (κ2) is 54.0. The van der Waals surface area contributed by atoms with Crippen LogP contribution in [0.4, 0.5) is 11.8 Å². The molecule has 2 bridgehead atoms. The van der Waals surface area contributed by atoms with Crippen molar-refractivity contribution in [1.82, 2.24) is 33.9 Å². The van der Waals surface area contributed by atoms with E-state index in [0.29, 0.717) is 222 Å². The molecule has 2 saturated heterocycles. The van der Waals surface area contributed by atoms with Crippen LogP contribution < -0.4 is 11.5 Å². The molecule has 1 saturated carbocycles. The zero-order valence-corrected chi connectivity index (χ0v) is 80.0. The number of cyclic esters (lactones) is 1. The summed E-state index contributed by atoms with van der Waals surface area (Å²) in [6.45, 7) is 19.5. The van der Waals surface area contributed by atoms with Gasteiger partial charge in [0, 0.05) is 103 Å². The van der Waals surface area contributed by atoms with Crippen molar-refractivity contribution in [1.29, 1.82) is 0 Å². The third-order valence-corrected chi connectivity index (χ3v) is 27.7. The maximum atomic E-state index is 14.8. The molecule has 7 N–H and O–H groups in total. The number of nitrogen functional groups attached to an aromatic ring is 2. The average Bonchev–Trinajstić information content (AvgIpc) is 1.17. The Hall–Kier alpha value is -8.25. The third-order valence-electron chi connectivity index (χ3n) is 25.8. The number of esters is 2. The smallest absolute Gasteiger partial charge is 0.329 e. The van der Waals surface area contributed by atoms with Gasteiger partial charge in [-0.15, -0.1) is 0 Å². The predicted molar refractivity (Wildman–Crippen MR) is 495 cm³/mol. The first kappa shape index (κ1) is 107. The van der Waals surface area contributed by atoms with Crippen molar-refractivity contribution in [3.8, 4) is 11.3 Å². The molecular weight excluding hydrogens is 1740 g/mol. The van der Waals surface area contributed by atoms with Gasteiger partial charge in [-0.1, -0.05) is 89.3 Å². The van der Waals surface area contributed by atoms with Gasteiger partial charge in [0.1, 0.15) is 59.6 Å². The number of Topliss-reactive ketones (excluding diaryl/α,β-unsaturated/α-hetero) is 3. The van der Waals surface area contributed by atoms with Gasteiger partial charge < -0.3 is 102 Å². The Kier molecular flexibility index (Phi) is 43.4. The van der Waals surface area contributed by atoms with Gasteiger partial charge in [-0.05, 0) is 161 Å². The topological polar surface area (TPSA) is 455 Å². The van der Waals surface area contributed by atoms with E-state index in [1.165, 1.54) is 22.6 Å². The minimum absolute atomic E-state index is 0.00858. The van der Waals surface area contributed by atoms with Gasteiger partial charge >= 0.3 is 11.9 Å². The van der Waals surface area contributed by atoms with Gasteiger partial charge in [0.25, 0.3) is 17.7 Å². The molecule has 133 heavy (non-hydrogen) atoms. The lowest BCUT2D eigenvalue weighted by Crippen LogP contribution is -2.61. The number of oxazole rings is 1. The summed E-state index contributed by atoms with van der Waals surface area (Å²) < 4.78 is 117. The normalized spacial score (nSPS) is 27.2. The molecule has 0 radical (unpaired) electrons. The van der Waals surface area contributed by atoms with E-state index >= 15 is 0 Å². The monoisotopic (exact) mass is 1880 g/mol. The lowest BCUT2D eigenvalue weighted by atomic mass is 9.78. The summed E-state index contributed by atoms with van der Waals surface area (Å²) >= 11 is 0. The lowest BCUT2D eigenvalue weighted by molar-refractivity contribution is -0.265. The van der Waals surface area contributed by atoms with Crippen molar-refractivity contribution >= 4 is 79.2 Å². The molecule has 16 atom stereocenters. The largest absolute Gasteiger partial charge is 0.460 e. The minimum atomic E-state index is -3.61. The zero-order chi connectivity index (χ0) is 95.6. The summed E-state index contributed by atoms with van der Waals surface area (Å²) in [7, 11) is 0.929. The number of amides is 1. The van der Waals surface area contributed by atoms with Crippen LogP contribution in [0.1, 0.15) is 174 Å². The van der Waals surface area contributed by atoms with Crippen molar-refractivity contribution in [2.24, 2.45) is 35.5 Å². The van der Waals surface area contributed by atoms with E-state index in [1.807, 2.05) is 82.3 Å². The highest BCUT2D eigenvalue weighted by Crippen LogP contribution is 2.40. The van der Waals surface area contributed by atoms with Crippen molar-refractivity contribution in [2.45, 2.75) is 238 Å². The second-order valence-electron chi connectivity index (χ2n) is 35.9. The van der Waals surface area contributed by atoms with Crippen LogP contribution >= 0.6 is 0 Å². The van der Waals surface area contributed by atoms with Gasteiger partial charge in [-0.3, -0.25) is 24.0 Å². The molecule has 0 unspecified atom stereocenters. The lowest BCUT2D eigenvalue weighted by Gasteiger charge is -2.43. The zero-order valence-electron chi connectivity index (χ0n) is 79.2. The van der Waals surface area contributed by atoms with E-state index in [4.69, 9.17) is 87.3 Å². The number of hydrogen-bond donors (Lipinski definition) is 5. The number of anilines is 2. The fraction of sp³-hybridized carbons (Fsp3) is 0.670. The van der Waals surface area contributed by atoms with Gasteiger partial charge in [-0.2, -0.15) is 14.4 Å². The number of carbonyl (C=O) groups excluding carboxylic acids is 6. The molecule has 5 aromatic rings. The molecule has 4 aliphatic heterocycles. The molecule has 0 spiro atoms. The van der Waals surface area contributed by atoms with Crippen molar-refractivity contribution in [2.75, 3.05) is 157 Å². The Balaban J connectivity index is 0.537. The molecular formula is C97H143N9O26S. The third kappa shape index (κ3) is 31.9. The number of fused-ring (bicyclic) bond motifs is 6. The van der Waals surface area contributed by atoms with Crippen LogP contribution in [0.5, 0.6) is 0 Å². The van der Waals surface area contributed by atoms with Gasteiger partial charge in [-0.25, -0.2) is 27.9 Å². The van der Waals surface area contributed by atoms with E-state index in [0.717, 1.165) is 27.8 Å². The number of allylic oxidation sites excluding steroid dienone is 5. The number of aromatic nitrogens is 5. The number of piperidine rings is 1. The first-order valence-corrected chi connectivity index (χ1v) is 48.8. The van der Waals surface area contributed by atoms with Crippen LogP contribution in [0.15, 0.2) is 94.7 Å². The number of aliphatic hydroxyl groups excluding tert-OH is 2. The molecule has 35 nitrogen and oxygen atoms in total. The molecule has 3 fully saturated rings. The van der Waals surface area contributed by atoms with E-state index < -0.39 is 106 Å². The van der Waals surface area contributed by atoms with Crippen LogP contribution in [0.3, 0.4) is 0 Å². The van der Waals surface area contributed by atoms with Crippen LogP contribution in [0, 0.1) is 35.5 Å². The highest BCUT2D eigenvalue weighted by molar-refractivity contribution is 7.89. The first-order valence-electron chi connectivity index (χ1n) is 47.2. The minimum Gasteiger partial charge on any atom is -0.460 e. The second-order valence-corrected chi connectivity index (χ2v) is 37.9. The van der Waals surface area contributed by atoms with E-state index in [9.17, 15) is 52.5 Å². The number of carbonyl (C=O) groups is 6. The summed E-state index contributed by atoms with van der Waals surface area (Å²) in [5.74, 6) is -8.17. The molecule has 36 heteroatoms. The Morgan fingerprint density at radius 2 is 1.36 bits per heavy atom. The van der Waals surface area contributed by atoms with Crippen molar-refractivity contribution in [3.05, 3.63) is 107 Å². The first-order chi connectivity index (χ1) is 64.0. The van der Waals surface area contributed by atoms with Crippen molar-refractivity contribution < 1.29 is 123 Å². The summed E-state index contributed by atoms with van der Waals surface area (Å²) in [5.41, 5.74) is 19.4. The van der Waals surface area contributed by atoms with Crippen LogP contribution in [-0.4, -0.2) is 299 Å². The number of ketones is 3. The quantitative estimate of drug-likeness (QED) is 0.0105. The van der Waals surface area contributed by atoms with E-state index in [-0.39, 0.29) is 112 Å². The van der Waals surface area contributed by atoms with Gasteiger partial charge in [0.05, 0.1) is 141 Å². The molecule has 10 rings (SSSR count). The number of hydrogen-bond acceptors (Lipinski definition) is 32. The highest BCUT2D eigenvalue weighted by Gasteiger charge is 2.53. The van der Waals surface area contributed by atoms with Crippen LogP contribution in [0.2, 0.25) is 0 Å². The van der Waals surface area contributed by atoms with Crippen LogP contribution in [-0.2, 0) is 125 Å². The maximum absolute atomic E-state index is 14.8. The summed E-state index contributed by atoms with van der Waals surface area (Å²) in [5, 5.41) is 41.4. The molecule has 3 aromatic heterocycles. The number of benzene rings is 2. The Labute approximate surface area is 781 Å². The van der Waals surface area contributed by atoms with Crippen LogP contribution in [0.25, 0.3) is 33.4 Å². The highest BCUT2D eigenvalue weighted by atomic mass is 32.2. The summed E-state index contributed by atoms with van der Waals surface area (Å²) in [4.78, 5) is 97.9. The molecule has 1 amide bonds. The molecule has 1 aliphatic carbocycles. The number of nitrogens with zero attached hydrogens (tertiary/aromatic N) is 7. The average molecular weight is 1880 g/mol. The SMILES string of the molecule is CO[C@H]1C[C@@H]2CC[C@@H](C)[C@@](O)(O2)C(=O)C(=O)N2CCCC[C@H]2C(=O)O[C@H]([C@H](C)C[C@@H]2CC[C@@H](OC(=O)CCCOCCOCCOCCOCCOCCOCCOCCOCCC(=O)CCCS(=O)(=O)N3CCc4cc(Cn5nc(-c6ccc7oc(N)nc7c6)c6c(N)ncnc65)ccc4C3)[C@H](OC)C2)C[C@@H](O)[C@H](C)/C=C(\C)[C@@H](O)[C@@H](OC)C(=O)[C@H](C)C[C@H](C)/C=C/C=C/C=C/1C. The standard InChI is InChI=1S/C97H143N9O26S/c1-63-18-12-11-13-19-64(2)82(118-8)58-76-28-23-69(7)97(115,132-76)91(112)94(113)105-33-15-14-21-78(105)95(114)130-83(59-79(108)65(3)53-68(6)89(111)90(120-10)88(110)67(5)52-63)66(4)54-70-25-29-81(84(56-70)119-9)129-85(109)22-16-35-121-37-39-123-41-43-125-45-47-127-49-50-128-48-46-126-44-42-124-40-38-122-36-32-75(107)20-17-51-133(116,117)104-34-31-72-55-71(24-26-74(72)61-104)60-106-93-86(92(98)100-62-101-93)87(103-106)73-27-30-80-77(57-73)102-96(99)131-80/h11-13,18-19,24,26-27,30,53,55,57,62-63,65-67,69-70,76,78-79,81-84,89-90,108,111,115H,14-17,20-23,25,28-29,31-52,54,56,58-61H2,1-10H3,(H2,99,102)(H2,98,100,101)/b13-11+,18-12+,64-19+,68-53+/t63-,65-,66-,67-,69-,70+,76+,78+,79-,81-,82+,83+,84-,89-,90+,97-/m1/s1. The van der Waals surface area contributed by atoms with Gasteiger partial charge in [0.15, 0.2) is 17.0 Å². The Morgan fingerprint density at radius 3 is 2.03 bits per heavy atom. The molecule has 5 aliphatic rings. The van der Waals surface area contributed by atoms with E-state index in [2.05, 4.69) is 21.0 Å². The van der Waals surface area contributed by atoms with E-state index in [1.54, 1.807) is 51.8 Å². The number of sulfonamides is 1. The van der Waals surface area contributed by atoms with Crippen molar-refractivity contribution in [3.63, 3.8) is 0 Å². The number of nitrogens with two attached hydrogens (primary N) is 2. The molecule has 7 heterocycles. The number of methoxy groups -OCH3 is 3. The maximum Gasteiger partial charge on any atom is 0.329 e. The summed E-state index contributed by atoms with van der Waals surface area (Å²) in [6.07, 6.45) is 12.8. The Bertz CT molecular complexity index is 4790. The molecule has 2 aromatic carbocycles. The molecule has 738 valence electrons. The fourth-order valence-corrected chi connectivity index (χ4v) is 19.5. The number of ether oxygens (including phenoxy) is 14.